The maximum atomic E-state index is 13.1. The number of carbonyl (C=O) groups is 1. The number of aryl methyl sites for hydroxylation is 1. The molecular formula is C21H19ClN6O4. The smallest absolute Gasteiger partial charge is 0.294 e. The average Bonchev–Trinajstić information content (AvgIpc) is 2.79. The highest BCUT2D eigenvalue weighted by atomic mass is 35.5. The molecule has 1 fully saturated rings. The number of piperazine rings is 1. The van der Waals surface area contributed by atoms with Gasteiger partial charge in [0, 0.05) is 50.2 Å². The maximum absolute atomic E-state index is 13.1. The van der Waals surface area contributed by atoms with Crippen LogP contribution in [0.3, 0.4) is 0 Å². The predicted molar refractivity (Wildman–Crippen MR) is 119 cm³/mol. The van der Waals surface area contributed by atoms with Gasteiger partial charge in [-0.15, -0.1) is 0 Å². The number of nitro groups is 1. The summed E-state index contributed by atoms with van der Waals surface area (Å²) in [6, 6.07) is 10.9. The number of hydrogen-bond acceptors (Lipinski definition) is 7. The van der Waals surface area contributed by atoms with Gasteiger partial charge in [-0.25, -0.2) is 9.67 Å². The van der Waals surface area contributed by atoms with E-state index in [-0.39, 0.29) is 17.1 Å². The van der Waals surface area contributed by atoms with Crippen LogP contribution in [0.5, 0.6) is 0 Å². The Morgan fingerprint density at radius 2 is 1.84 bits per heavy atom. The number of nitro benzene ring substituents is 1. The van der Waals surface area contributed by atoms with E-state index in [1.54, 1.807) is 36.2 Å². The van der Waals surface area contributed by atoms with Crippen LogP contribution >= 0.6 is 11.6 Å². The SMILES string of the molecule is Cc1cc(=O)c(C(=O)N2CCN(c3ccc(Cl)cn3)CC2)nn1-c1ccccc1[N+](=O)[O-]. The van der Waals surface area contributed by atoms with E-state index in [9.17, 15) is 19.7 Å². The number of rotatable bonds is 4. The Bertz CT molecular complexity index is 1240. The fourth-order valence-electron chi connectivity index (χ4n) is 3.58. The lowest BCUT2D eigenvalue weighted by molar-refractivity contribution is -0.384. The average molecular weight is 455 g/mol. The number of carbonyl (C=O) groups excluding carboxylic acids is 1. The summed E-state index contributed by atoms with van der Waals surface area (Å²) in [4.78, 5) is 44.4. The van der Waals surface area contributed by atoms with Gasteiger partial charge in [-0.3, -0.25) is 19.7 Å². The molecule has 32 heavy (non-hydrogen) atoms. The highest BCUT2D eigenvalue weighted by Gasteiger charge is 2.27. The van der Waals surface area contributed by atoms with Gasteiger partial charge in [0.25, 0.3) is 11.6 Å². The first kappa shape index (κ1) is 21.4. The molecule has 1 amide bonds. The molecular weight excluding hydrogens is 436 g/mol. The van der Waals surface area contributed by atoms with E-state index in [0.29, 0.717) is 36.9 Å². The number of nitrogens with zero attached hydrogens (tertiary/aromatic N) is 6. The van der Waals surface area contributed by atoms with Crippen molar-refractivity contribution in [2.24, 2.45) is 0 Å². The Morgan fingerprint density at radius 3 is 2.50 bits per heavy atom. The molecule has 0 N–H and O–H groups in total. The van der Waals surface area contributed by atoms with E-state index in [1.807, 2.05) is 11.0 Å². The van der Waals surface area contributed by atoms with Gasteiger partial charge < -0.3 is 9.80 Å². The molecule has 164 valence electrons. The van der Waals surface area contributed by atoms with Crippen LogP contribution in [0.4, 0.5) is 11.5 Å². The third-order valence-electron chi connectivity index (χ3n) is 5.22. The summed E-state index contributed by atoms with van der Waals surface area (Å²) in [5.41, 5.74) is -0.396. The van der Waals surface area contributed by atoms with Gasteiger partial charge in [0.1, 0.15) is 11.5 Å². The number of amides is 1. The molecule has 2 aromatic heterocycles. The third-order valence-corrected chi connectivity index (χ3v) is 5.44. The van der Waals surface area contributed by atoms with Crippen molar-refractivity contribution in [1.29, 1.82) is 0 Å². The lowest BCUT2D eigenvalue weighted by Gasteiger charge is -2.35. The quantitative estimate of drug-likeness (QED) is 0.439. The minimum Gasteiger partial charge on any atom is -0.353 e. The van der Waals surface area contributed by atoms with Crippen LogP contribution < -0.4 is 10.3 Å². The zero-order valence-corrected chi connectivity index (χ0v) is 17.9. The summed E-state index contributed by atoms with van der Waals surface area (Å²) >= 11 is 5.88. The molecule has 0 aliphatic carbocycles. The van der Waals surface area contributed by atoms with Crippen molar-refractivity contribution >= 4 is 29.0 Å². The second-order valence-corrected chi connectivity index (χ2v) is 7.71. The Balaban J connectivity index is 1.59. The Hall–Kier alpha value is -3.79. The number of benzene rings is 1. The Kier molecular flexibility index (Phi) is 5.87. The number of aromatic nitrogens is 3. The van der Waals surface area contributed by atoms with Crippen molar-refractivity contribution in [2.45, 2.75) is 6.92 Å². The molecule has 1 saturated heterocycles. The van der Waals surface area contributed by atoms with Crippen molar-refractivity contribution in [3.8, 4) is 5.69 Å². The molecule has 1 aliphatic rings. The summed E-state index contributed by atoms with van der Waals surface area (Å²) in [6.45, 7) is 3.43. The van der Waals surface area contributed by atoms with Crippen molar-refractivity contribution < 1.29 is 9.72 Å². The fraction of sp³-hybridized carbons (Fsp3) is 0.238. The minimum absolute atomic E-state index is 0.172. The van der Waals surface area contributed by atoms with Gasteiger partial charge in [-0.1, -0.05) is 23.7 Å². The molecule has 0 saturated carbocycles. The highest BCUT2D eigenvalue weighted by molar-refractivity contribution is 6.30. The monoisotopic (exact) mass is 454 g/mol. The highest BCUT2D eigenvalue weighted by Crippen LogP contribution is 2.22. The number of hydrogen-bond donors (Lipinski definition) is 0. The summed E-state index contributed by atoms with van der Waals surface area (Å²) in [5, 5.41) is 16.2. The summed E-state index contributed by atoms with van der Waals surface area (Å²) < 4.78 is 1.26. The first-order valence-corrected chi connectivity index (χ1v) is 10.2. The fourth-order valence-corrected chi connectivity index (χ4v) is 3.69. The zero-order valence-electron chi connectivity index (χ0n) is 17.1. The van der Waals surface area contributed by atoms with Gasteiger partial charge in [0.2, 0.25) is 5.43 Å². The number of halogens is 1. The molecule has 0 spiro atoms. The summed E-state index contributed by atoms with van der Waals surface area (Å²) in [5.74, 6) is 0.250. The van der Waals surface area contributed by atoms with Crippen molar-refractivity contribution in [2.75, 3.05) is 31.1 Å². The second-order valence-electron chi connectivity index (χ2n) is 7.27. The number of pyridine rings is 1. The maximum Gasteiger partial charge on any atom is 0.294 e. The van der Waals surface area contributed by atoms with Crippen LogP contribution in [0, 0.1) is 17.0 Å². The van der Waals surface area contributed by atoms with E-state index in [1.165, 1.54) is 22.9 Å². The molecule has 1 aliphatic heterocycles. The molecule has 3 aromatic rings. The third kappa shape index (κ3) is 4.17. The molecule has 11 heteroatoms. The lowest BCUT2D eigenvalue weighted by atomic mass is 10.2. The van der Waals surface area contributed by atoms with Gasteiger partial charge in [0.15, 0.2) is 5.69 Å². The van der Waals surface area contributed by atoms with Crippen LogP contribution in [0.25, 0.3) is 5.69 Å². The molecule has 0 radical (unpaired) electrons. The van der Waals surface area contributed by atoms with Crippen LogP contribution in [0.2, 0.25) is 5.02 Å². The normalized spacial score (nSPS) is 13.8. The van der Waals surface area contributed by atoms with Crippen molar-refractivity contribution in [3.63, 3.8) is 0 Å². The lowest BCUT2D eigenvalue weighted by Crippen LogP contribution is -2.50. The molecule has 0 bridgehead atoms. The number of para-hydroxylation sites is 2. The van der Waals surface area contributed by atoms with Gasteiger partial charge in [-0.2, -0.15) is 5.10 Å². The summed E-state index contributed by atoms with van der Waals surface area (Å²) in [7, 11) is 0. The standard InChI is InChI=1S/C21H19ClN6O4/c1-14-12-18(29)20(24-27(14)16-4-2-3-5-17(16)28(31)32)21(30)26-10-8-25(9-11-26)19-7-6-15(22)13-23-19/h2-7,12-13H,8-11H2,1H3. The van der Waals surface area contributed by atoms with E-state index in [0.717, 1.165) is 5.82 Å². The minimum atomic E-state index is -0.528. The molecule has 10 nitrogen and oxygen atoms in total. The number of anilines is 1. The molecule has 1 aromatic carbocycles. The van der Waals surface area contributed by atoms with Crippen LogP contribution in [-0.4, -0.2) is 56.7 Å². The zero-order chi connectivity index (χ0) is 22.8. The molecule has 3 heterocycles. The van der Waals surface area contributed by atoms with Crippen LogP contribution in [0.15, 0.2) is 53.5 Å². The van der Waals surface area contributed by atoms with E-state index in [2.05, 4.69) is 10.1 Å². The predicted octanol–water partition coefficient (Wildman–Crippen LogP) is 2.46. The van der Waals surface area contributed by atoms with E-state index in [4.69, 9.17) is 11.6 Å². The Morgan fingerprint density at radius 1 is 1.12 bits per heavy atom. The second kappa shape index (κ2) is 8.75. The van der Waals surface area contributed by atoms with Crippen LogP contribution in [-0.2, 0) is 0 Å². The topological polar surface area (TPSA) is 114 Å². The summed E-state index contributed by atoms with van der Waals surface area (Å²) in [6.07, 6.45) is 1.57. The molecule has 4 rings (SSSR count). The molecule has 0 atom stereocenters. The first-order chi connectivity index (χ1) is 15.3. The van der Waals surface area contributed by atoms with Crippen molar-refractivity contribution in [3.05, 3.63) is 85.4 Å². The largest absolute Gasteiger partial charge is 0.353 e. The first-order valence-electron chi connectivity index (χ1n) is 9.85. The Labute approximate surface area is 187 Å². The van der Waals surface area contributed by atoms with E-state index >= 15 is 0 Å². The van der Waals surface area contributed by atoms with E-state index < -0.39 is 16.3 Å². The van der Waals surface area contributed by atoms with Gasteiger partial charge >= 0.3 is 0 Å². The van der Waals surface area contributed by atoms with Gasteiger partial charge in [-0.05, 0) is 25.1 Å². The van der Waals surface area contributed by atoms with Crippen LogP contribution in [0.1, 0.15) is 16.2 Å². The van der Waals surface area contributed by atoms with Crippen molar-refractivity contribution in [1.82, 2.24) is 19.7 Å². The molecule has 0 unspecified atom stereocenters. The van der Waals surface area contributed by atoms with Gasteiger partial charge in [0.05, 0.1) is 9.95 Å².